The number of aldehydes is 2. The second-order valence-electron chi connectivity index (χ2n) is 8.47. The molecule has 2 aliphatic rings. The first-order valence-corrected chi connectivity index (χ1v) is 11.2. The van der Waals surface area contributed by atoms with Crippen LogP contribution < -0.4 is 0 Å². The third-order valence-corrected chi connectivity index (χ3v) is 6.15. The summed E-state index contributed by atoms with van der Waals surface area (Å²) in [4.78, 5) is 26.1. The summed E-state index contributed by atoms with van der Waals surface area (Å²) in [5.74, 6) is 0.606. The van der Waals surface area contributed by atoms with Crippen LogP contribution in [0.5, 0.6) is 0 Å². The molecule has 0 bridgehead atoms. The summed E-state index contributed by atoms with van der Waals surface area (Å²) >= 11 is 0. The van der Waals surface area contributed by atoms with Crippen LogP contribution in [0.15, 0.2) is 60.7 Å². The summed E-state index contributed by atoms with van der Waals surface area (Å²) < 4.78 is 0. The highest BCUT2D eigenvalue weighted by molar-refractivity contribution is 5.53. The number of hydrogen-bond acceptors (Lipinski definition) is 4. The molecule has 2 heterocycles. The summed E-state index contributed by atoms with van der Waals surface area (Å²) in [6, 6.07) is 21.0. The van der Waals surface area contributed by atoms with E-state index in [1.54, 1.807) is 0 Å². The van der Waals surface area contributed by atoms with Crippen molar-refractivity contribution < 1.29 is 9.59 Å². The lowest BCUT2D eigenvalue weighted by molar-refractivity contribution is -0.113. The van der Waals surface area contributed by atoms with Crippen LogP contribution >= 0.6 is 0 Å². The molecule has 0 aromatic heterocycles. The van der Waals surface area contributed by atoms with E-state index >= 15 is 0 Å². The maximum absolute atomic E-state index is 10.6. The molecule has 2 aliphatic heterocycles. The van der Waals surface area contributed by atoms with Gasteiger partial charge in [-0.25, -0.2) is 0 Å². The van der Waals surface area contributed by atoms with E-state index in [9.17, 15) is 9.59 Å². The first-order valence-electron chi connectivity index (χ1n) is 11.2. The largest absolute Gasteiger partial charge is 0.303 e. The number of hydrogen-bond donors (Lipinski definition) is 0. The fourth-order valence-corrected chi connectivity index (χ4v) is 4.18. The molecule has 2 fully saturated rings. The quantitative estimate of drug-likeness (QED) is 0.675. The number of nitrogens with zero attached hydrogens (tertiary/aromatic N) is 2. The van der Waals surface area contributed by atoms with Gasteiger partial charge in [-0.1, -0.05) is 60.7 Å². The molecule has 0 radical (unpaired) electrons. The Balaban J connectivity index is 0.000000171. The predicted molar refractivity (Wildman–Crippen MR) is 121 cm³/mol. The predicted octanol–water partition coefficient (Wildman–Crippen LogP) is 4.20. The van der Waals surface area contributed by atoms with Crippen LogP contribution in [0.25, 0.3) is 0 Å². The number of rotatable bonds is 6. The van der Waals surface area contributed by atoms with E-state index in [0.717, 1.165) is 77.5 Å². The van der Waals surface area contributed by atoms with Crippen LogP contribution in [-0.4, -0.2) is 48.6 Å². The maximum atomic E-state index is 10.6. The Labute approximate surface area is 180 Å². The van der Waals surface area contributed by atoms with Crippen molar-refractivity contribution in [2.45, 2.75) is 38.8 Å². The molecular weight excluding hydrogens is 372 g/mol. The lowest BCUT2D eigenvalue weighted by atomic mass is 9.98. The van der Waals surface area contributed by atoms with Crippen molar-refractivity contribution in [3.63, 3.8) is 0 Å². The van der Waals surface area contributed by atoms with Crippen molar-refractivity contribution in [3.05, 3.63) is 71.8 Å². The summed E-state index contributed by atoms with van der Waals surface area (Å²) in [5, 5.41) is 0. The monoisotopic (exact) mass is 406 g/mol. The highest BCUT2D eigenvalue weighted by Gasteiger charge is 2.19. The Morgan fingerprint density at radius 1 is 0.600 bits per heavy atom. The lowest BCUT2D eigenvalue weighted by Gasteiger charge is -2.29. The van der Waals surface area contributed by atoms with E-state index in [1.165, 1.54) is 11.1 Å². The molecule has 4 heteroatoms. The Hall–Kier alpha value is -2.30. The van der Waals surface area contributed by atoms with Gasteiger partial charge in [-0.3, -0.25) is 9.80 Å². The summed E-state index contributed by atoms with van der Waals surface area (Å²) in [6.45, 7) is 6.26. The molecule has 2 aromatic carbocycles. The molecule has 30 heavy (non-hydrogen) atoms. The second kappa shape index (κ2) is 12.4. The number of benzene rings is 2. The van der Waals surface area contributed by atoms with Crippen LogP contribution in [0.2, 0.25) is 0 Å². The Morgan fingerprint density at radius 2 is 0.933 bits per heavy atom. The van der Waals surface area contributed by atoms with Crippen molar-refractivity contribution in [2.24, 2.45) is 11.8 Å². The average Bonchev–Trinajstić information content (AvgIpc) is 2.82. The highest BCUT2D eigenvalue weighted by atomic mass is 16.1. The van der Waals surface area contributed by atoms with E-state index in [2.05, 4.69) is 58.3 Å². The van der Waals surface area contributed by atoms with Crippen LogP contribution in [0.4, 0.5) is 0 Å². The molecule has 2 aromatic rings. The van der Waals surface area contributed by atoms with Crippen LogP contribution in [0, 0.1) is 11.8 Å². The molecule has 2 saturated heterocycles. The van der Waals surface area contributed by atoms with Gasteiger partial charge in [-0.05, 0) is 63.0 Å². The summed E-state index contributed by atoms with van der Waals surface area (Å²) in [7, 11) is 0. The molecular formula is C26H34N2O2. The lowest BCUT2D eigenvalue weighted by Crippen LogP contribution is -2.33. The molecule has 0 aliphatic carbocycles. The normalized spacial score (nSPS) is 18.9. The van der Waals surface area contributed by atoms with Crippen LogP contribution in [0.1, 0.15) is 36.8 Å². The highest BCUT2D eigenvalue weighted by Crippen LogP contribution is 2.18. The molecule has 160 valence electrons. The fourth-order valence-electron chi connectivity index (χ4n) is 4.18. The van der Waals surface area contributed by atoms with Crippen molar-refractivity contribution in [1.82, 2.24) is 9.80 Å². The standard InChI is InChI=1S/2C13H17NO/c2*15-11-13-6-8-14(9-7-13)10-12-4-2-1-3-5-12/h2*1-5,11,13H,6-10H2. The SMILES string of the molecule is O=CC1CCN(Cc2ccccc2)CC1.O=CC1CCN(Cc2ccccc2)CC1. The zero-order chi connectivity index (χ0) is 21.0. The smallest absolute Gasteiger partial charge is 0.123 e. The van der Waals surface area contributed by atoms with Crippen molar-refractivity contribution in [2.75, 3.05) is 26.2 Å². The van der Waals surface area contributed by atoms with E-state index in [1.807, 2.05) is 12.1 Å². The van der Waals surface area contributed by atoms with Gasteiger partial charge in [-0.2, -0.15) is 0 Å². The van der Waals surface area contributed by atoms with Crippen molar-refractivity contribution in [3.8, 4) is 0 Å². The van der Waals surface area contributed by atoms with Gasteiger partial charge < -0.3 is 9.59 Å². The van der Waals surface area contributed by atoms with Gasteiger partial charge >= 0.3 is 0 Å². The van der Waals surface area contributed by atoms with Crippen LogP contribution in [0.3, 0.4) is 0 Å². The third kappa shape index (κ3) is 7.51. The van der Waals surface area contributed by atoms with Crippen LogP contribution in [-0.2, 0) is 22.7 Å². The van der Waals surface area contributed by atoms with Gasteiger partial charge in [0.25, 0.3) is 0 Å². The molecule has 0 atom stereocenters. The Morgan fingerprint density at radius 3 is 1.23 bits per heavy atom. The van der Waals surface area contributed by atoms with E-state index < -0.39 is 0 Å². The summed E-state index contributed by atoms with van der Waals surface area (Å²) in [6.07, 6.45) is 6.32. The zero-order valence-corrected chi connectivity index (χ0v) is 17.9. The van der Waals surface area contributed by atoms with E-state index in [0.29, 0.717) is 11.8 Å². The average molecular weight is 407 g/mol. The van der Waals surface area contributed by atoms with Gasteiger partial charge in [0.15, 0.2) is 0 Å². The van der Waals surface area contributed by atoms with Gasteiger partial charge in [0.2, 0.25) is 0 Å². The molecule has 0 N–H and O–H groups in total. The Bertz CT molecular complexity index is 669. The van der Waals surface area contributed by atoms with Crippen molar-refractivity contribution >= 4 is 12.6 Å². The third-order valence-electron chi connectivity index (χ3n) is 6.15. The number of carbonyl (C=O) groups excluding carboxylic acids is 2. The minimum atomic E-state index is 0.303. The summed E-state index contributed by atoms with van der Waals surface area (Å²) in [5.41, 5.74) is 2.73. The second-order valence-corrected chi connectivity index (χ2v) is 8.47. The van der Waals surface area contributed by atoms with Gasteiger partial charge in [0.1, 0.15) is 12.6 Å². The number of carbonyl (C=O) groups is 2. The first kappa shape index (κ1) is 22.4. The molecule has 4 rings (SSSR count). The number of likely N-dealkylation sites (tertiary alicyclic amines) is 2. The molecule has 4 nitrogen and oxygen atoms in total. The molecule has 0 saturated carbocycles. The fraction of sp³-hybridized carbons (Fsp3) is 0.462. The van der Waals surface area contributed by atoms with E-state index in [-0.39, 0.29) is 0 Å². The first-order chi connectivity index (χ1) is 14.8. The van der Waals surface area contributed by atoms with Gasteiger partial charge in [-0.15, -0.1) is 0 Å². The zero-order valence-electron chi connectivity index (χ0n) is 17.9. The number of piperidine rings is 2. The van der Waals surface area contributed by atoms with Gasteiger partial charge in [0.05, 0.1) is 0 Å². The minimum Gasteiger partial charge on any atom is -0.303 e. The minimum absolute atomic E-state index is 0.303. The maximum Gasteiger partial charge on any atom is 0.123 e. The topological polar surface area (TPSA) is 40.6 Å². The molecule has 0 unspecified atom stereocenters. The van der Waals surface area contributed by atoms with Crippen molar-refractivity contribution in [1.29, 1.82) is 0 Å². The molecule has 0 spiro atoms. The van der Waals surface area contributed by atoms with E-state index in [4.69, 9.17) is 0 Å². The Kier molecular flexibility index (Phi) is 9.26. The van der Waals surface area contributed by atoms with Gasteiger partial charge in [0, 0.05) is 24.9 Å². The molecule has 0 amide bonds.